The third-order valence-corrected chi connectivity index (χ3v) is 4.43. The van der Waals surface area contributed by atoms with Gasteiger partial charge in [-0.25, -0.2) is 0 Å². The minimum absolute atomic E-state index is 0.0554. The van der Waals surface area contributed by atoms with Gasteiger partial charge in [0.2, 0.25) is 0 Å². The van der Waals surface area contributed by atoms with Crippen LogP contribution in [0.15, 0.2) is 0 Å². The summed E-state index contributed by atoms with van der Waals surface area (Å²) in [5.74, 6) is -0.0810. The van der Waals surface area contributed by atoms with E-state index in [1.165, 1.54) is 44.9 Å². The molecule has 0 saturated carbocycles. The Bertz CT molecular complexity index is 231. The Kier molecular flexibility index (Phi) is 13.9. The van der Waals surface area contributed by atoms with Gasteiger partial charge in [-0.2, -0.15) is 0 Å². The van der Waals surface area contributed by atoms with E-state index in [4.69, 9.17) is 4.74 Å². The predicted molar refractivity (Wildman–Crippen MR) is 90.4 cm³/mol. The van der Waals surface area contributed by atoms with Crippen LogP contribution in [0.1, 0.15) is 91.4 Å². The zero-order valence-electron chi connectivity index (χ0n) is 13.6. The molecule has 0 aliphatic carbocycles. The summed E-state index contributed by atoms with van der Waals surface area (Å²) in [4.78, 5) is 11.8. The highest BCUT2D eigenvalue weighted by molar-refractivity contribution is 9.10. The van der Waals surface area contributed by atoms with Crippen LogP contribution in [0.25, 0.3) is 0 Å². The smallest absolute Gasteiger partial charge is 0.319 e. The van der Waals surface area contributed by atoms with E-state index < -0.39 is 0 Å². The lowest BCUT2D eigenvalue weighted by Gasteiger charge is -2.16. The molecule has 2 atom stereocenters. The molecule has 2 unspecified atom stereocenters. The van der Waals surface area contributed by atoms with E-state index in [0.717, 1.165) is 25.7 Å². The van der Waals surface area contributed by atoms with Crippen LogP contribution in [0.2, 0.25) is 0 Å². The molecule has 0 fully saturated rings. The van der Waals surface area contributed by atoms with Crippen molar-refractivity contribution in [3.05, 3.63) is 0 Å². The van der Waals surface area contributed by atoms with Crippen molar-refractivity contribution >= 4 is 21.9 Å². The highest BCUT2D eigenvalue weighted by Gasteiger charge is 2.18. The fourth-order valence-corrected chi connectivity index (χ4v) is 2.67. The van der Waals surface area contributed by atoms with Gasteiger partial charge in [0.05, 0.1) is 6.10 Å². The second kappa shape index (κ2) is 13.9. The average Bonchev–Trinajstić information content (AvgIpc) is 2.43. The molecule has 0 rings (SSSR count). The summed E-state index contributed by atoms with van der Waals surface area (Å²) in [5.41, 5.74) is 0. The van der Waals surface area contributed by atoms with Gasteiger partial charge in [0.25, 0.3) is 0 Å². The number of halogens is 1. The number of ether oxygens (including phenoxy) is 1. The molecule has 0 bridgehead atoms. The molecule has 0 aliphatic rings. The number of carbonyl (C=O) groups is 1. The maximum absolute atomic E-state index is 11.9. The van der Waals surface area contributed by atoms with Crippen LogP contribution < -0.4 is 0 Å². The predicted octanol–water partition coefficient (Wildman–Crippen LogP) is 6.01. The van der Waals surface area contributed by atoms with Gasteiger partial charge in [-0.1, -0.05) is 81.1 Å². The summed E-state index contributed by atoms with van der Waals surface area (Å²) in [5, 5.41) is 0. The van der Waals surface area contributed by atoms with Crippen LogP contribution in [0.4, 0.5) is 0 Å². The summed E-state index contributed by atoms with van der Waals surface area (Å²) < 4.78 is 5.49. The van der Waals surface area contributed by atoms with E-state index in [2.05, 4.69) is 29.8 Å². The van der Waals surface area contributed by atoms with Crippen molar-refractivity contribution in [2.24, 2.45) is 0 Å². The van der Waals surface area contributed by atoms with Crippen LogP contribution in [-0.4, -0.2) is 16.9 Å². The fourth-order valence-electron chi connectivity index (χ4n) is 2.23. The van der Waals surface area contributed by atoms with E-state index in [0.29, 0.717) is 0 Å². The van der Waals surface area contributed by atoms with Gasteiger partial charge in [0.1, 0.15) is 4.83 Å². The number of hydrogen-bond donors (Lipinski definition) is 0. The lowest BCUT2D eigenvalue weighted by molar-refractivity contribution is -0.147. The van der Waals surface area contributed by atoms with Gasteiger partial charge in [-0.3, -0.25) is 4.79 Å². The summed E-state index contributed by atoms with van der Waals surface area (Å²) in [7, 11) is 0. The van der Waals surface area contributed by atoms with Crippen LogP contribution in [0, 0.1) is 0 Å². The molecule has 3 heteroatoms. The molecule has 20 heavy (non-hydrogen) atoms. The SMILES string of the molecule is CCCCCCCC(C)OC(=O)C(Br)CCCCCC. The first-order chi connectivity index (χ1) is 9.61. The molecule has 120 valence electrons. The Balaban J connectivity index is 3.61. The van der Waals surface area contributed by atoms with Crippen LogP contribution in [-0.2, 0) is 9.53 Å². The number of alkyl halides is 1. The quantitative estimate of drug-likeness (QED) is 0.231. The molecule has 0 aromatic rings. The second-order valence-corrected chi connectivity index (χ2v) is 6.87. The maximum atomic E-state index is 11.9. The normalized spacial score (nSPS) is 14.0. The van der Waals surface area contributed by atoms with Gasteiger partial charge in [-0.15, -0.1) is 0 Å². The van der Waals surface area contributed by atoms with E-state index in [1.54, 1.807) is 0 Å². The molecular weight excluding hydrogens is 316 g/mol. The maximum Gasteiger partial charge on any atom is 0.319 e. The highest BCUT2D eigenvalue weighted by atomic mass is 79.9. The molecule has 0 N–H and O–H groups in total. The van der Waals surface area contributed by atoms with Crippen molar-refractivity contribution in [3.8, 4) is 0 Å². The van der Waals surface area contributed by atoms with Gasteiger partial charge in [0.15, 0.2) is 0 Å². The average molecular weight is 349 g/mol. The molecule has 0 radical (unpaired) electrons. The van der Waals surface area contributed by atoms with E-state index in [1.807, 2.05) is 6.92 Å². The lowest BCUT2D eigenvalue weighted by atomic mass is 10.1. The Labute approximate surface area is 134 Å². The molecule has 0 aromatic heterocycles. The number of esters is 1. The molecule has 0 saturated heterocycles. The summed E-state index contributed by atoms with van der Waals surface area (Å²) in [6.07, 6.45) is 13.0. The standard InChI is InChI=1S/C17H33BrO2/c1-4-6-8-10-11-13-15(3)20-17(19)16(18)14-12-9-7-5-2/h15-16H,4-14H2,1-3H3. The first-order valence-electron chi connectivity index (χ1n) is 8.46. The Morgan fingerprint density at radius 3 is 2.00 bits per heavy atom. The summed E-state index contributed by atoms with van der Waals surface area (Å²) >= 11 is 3.45. The van der Waals surface area contributed by atoms with Gasteiger partial charge in [0, 0.05) is 0 Å². The molecule has 2 nitrogen and oxygen atoms in total. The third-order valence-electron chi connectivity index (χ3n) is 3.60. The fraction of sp³-hybridized carbons (Fsp3) is 0.941. The van der Waals surface area contributed by atoms with Crippen LogP contribution in [0.5, 0.6) is 0 Å². The summed E-state index contributed by atoms with van der Waals surface area (Å²) in [6.45, 7) is 6.43. The summed E-state index contributed by atoms with van der Waals surface area (Å²) in [6, 6.07) is 0. The van der Waals surface area contributed by atoms with Crippen molar-refractivity contribution in [2.45, 2.75) is 102 Å². The Morgan fingerprint density at radius 2 is 1.40 bits per heavy atom. The minimum Gasteiger partial charge on any atom is -0.462 e. The van der Waals surface area contributed by atoms with Crippen molar-refractivity contribution in [3.63, 3.8) is 0 Å². The zero-order valence-corrected chi connectivity index (χ0v) is 15.2. The van der Waals surface area contributed by atoms with Gasteiger partial charge >= 0.3 is 5.97 Å². The van der Waals surface area contributed by atoms with E-state index in [-0.39, 0.29) is 16.9 Å². The molecule has 0 spiro atoms. The molecule has 0 aliphatic heterocycles. The first kappa shape index (κ1) is 19.9. The van der Waals surface area contributed by atoms with Gasteiger partial charge < -0.3 is 4.74 Å². The molecule has 0 aromatic carbocycles. The zero-order chi connectivity index (χ0) is 15.2. The minimum atomic E-state index is -0.123. The van der Waals surface area contributed by atoms with Crippen LogP contribution >= 0.6 is 15.9 Å². The van der Waals surface area contributed by atoms with Gasteiger partial charge in [-0.05, 0) is 26.2 Å². The molecular formula is C17H33BrO2. The third kappa shape index (κ3) is 11.7. The van der Waals surface area contributed by atoms with E-state index >= 15 is 0 Å². The van der Waals surface area contributed by atoms with Crippen molar-refractivity contribution < 1.29 is 9.53 Å². The Morgan fingerprint density at radius 1 is 0.900 bits per heavy atom. The number of rotatable bonds is 13. The molecule has 0 amide bonds. The second-order valence-electron chi connectivity index (χ2n) is 5.77. The first-order valence-corrected chi connectivity index (χ1v) is 9.37. The number of carbonyl (C=O) groups excluding carboxylic acids is 1. The Hall–Kier alpha value is -0.0500. The van der Waals surface area contributed by atoms with Crippen molar-refractivity contribution in [1.29, 1.82) is 0 Å². The highest BCUT2D eigenvalue weighted by Crippen LogP contribution is 2.16. The number of unbranched alkanes of at least 4 members (excludes halogenated alkanes) is 7. The van der Waals surface area contributed by atoms with Crippen molar-refractivity contribution in [2.75, 3.05) is 0 Å². The lowest BCUT2D eigenvalue weighted by Crippen LogP contribution is -2.22. The van der Waals surface area contributed by atoms with Crippen molar-refractivity contribution in [1.82, 2.24) is 0 Å². The number of hydrogen-bond acceptors (Lipinski definition) is 2. The topological polar surface area (TPSA) is 26.3 Å². The van der Waals surface area contributed by atoms with Crippen LogP contribution in [0.3, 0.4) is 0 Å². The van der Waals surface area contributed by atoms with E-state index in [9.17, 15) is 4.79 Å². The largest absolute Gasteiger partial charge is 0.462 e. The monoisotopic (exact) mass is 348 g/mol. The molecule has 0 heterocycles.